The number of hydrogen-bond donors (Lipinski definition) is 2. The number of carbonyl (C=O) groups is 1. The first-order valence-corrected chi connectivity index (χ1v) is 28.8. The molecule has 378 valence electrons. The van der Waals surface area contributed by atoms with Crippen LogP contribution in [0.2, 0.25) is 0 Å². The van der Waals surface area contributed by atoms with E-state index in [-0.39, 0.29) is 12.5 Å². The fourth-order valence-electron chi connectivity index (χ4n) is 7.99. The highest BCUT2D eigenvalue weighted by Gasteiger charge is 2.23. The van der Waals surface area contributed by atoms with E-state index in [1.165, 1.54) is 199 Å². The lowest BCUT2D eigenvalue weighted by atomic mass is 10.0. The monoisotopic (exact) mass is 923 g/mol. The molecule has 0 saturated carbocycles. The van der Waals surface area contributed by atoms with Gasteiger partial charge in [-0.1, -0.05) is 230 Å². The summed E-state index contributed by atoms with van der Waals surface area (Å²) >= 11 is 0. The molecule has 2 N–H and O–H groups in total. The Labute approximate surface area is 397 Å². The Bertz CT molecular complexity index is 1140. The van der Waals surface area contributed by atoms with Crippen LogP contribution in [0, 0.1) is 0 Å². The second-order valence-electron chi connectivity index (χ2n) is 19.9. The van der Waals surface area contributed by atoms with Crippen LogP contribution in [0.15, 0.2) is 36.5 Å². The van der Waals surface area contributed by atoms with E-state index in [1.807, 2.05) is 27.2 Å². The van der Waals surface area contributed by atoms with Crippen LogP contribution in [0.4, 0.5) is 0 Å². The maximum absolute atomic E-state index is 12.9. The Kier molecular flexibility index (Phi) is 45.9. The first kappa shape index (κ1) is 62.7. The molecule has 0 aliphatic rings. The van der Waals surface area contributed by atoms with Gasteiger partial charge < -0.3 is 28.8 Å². The van der Waals surface area contributed by atoms with Crippen molar-refractivity contribution in [3.05, 3.63) is 36.5 Å². The Morgan fingerprint density at radius 2 is 0.875 bits per heavy atom. The van der Waals surface area contributed by atoms with Crippen molar-refractivity contribution in [2.24, 2.45) is 0 Å². The van der Waals surface area contributed by atoms with E-state index >= 15 is 0 Å². The number of phosphoric ester groups is 1. The number of quaternary nitrogens is 1. The third kappa shape index (κ3) is 48.6. The third-order valence-corrected chi connectivity index (χ3v) is 13.3. The number of hydrogen-bond acceptors (Lipinski definition) is 6. The van der Waals surface area contributed by atoms with Crippen LogP contribution in [0.25, 0.3) is 0 Å². The summed E-state index contributed by atoms with van der Waals surface area (Å²) in [6.45, 7) is 4.65. The van der Waals surface area contributed by atoms with E-state index < -0.39 is 26.6 Å². The summed E-state index contributed by atoms with van der Waals surface area (Å²) in [6, 6.07) is -0.905. The summed E-state index contributed by atoms with van der Waals surface area (Å²) < 4.78 is 23.3. The summed E-state index contributed by atoms with van der Waals surface area (Å²) in [5.41, 5.74) is 0. The van der Waals surface area contributed by atoms with Crippen LogP contribution in [0.3, 0.4) is 0 Å². The largest absolute Gasteiger partial charge is 0.756 e. The molecule has 0 aliphatic carbocycles. The zero-order valence-electron chi connectivity index (χ0n) is 43.0. The quantitative estimate of drug-likeness (QED) is 0.0272. The van der Waals surface area contributed by atoms with Crippen molar-refractivity contribution in [1.82, 2.24) is 5.32 Å². The lowest BCUT2D eigenvalue weighted by Gasteiger charge is -2.29. The molecule has 0 aromatic rings. The van der Waals surface area contributed by atoms with Gasteiger partial charge in [-0.15, -0.1) is 0 Å². The van der Waals surface area contributed by atoms with Gasteiger partial charge in [-0.2, -0.15) is 0 Å². The van der Waals surface area contributed by atoms with Crippen molar-refractivity contribution in [3.63, 3.8) is 0 Å². The van der Waals surface area contributed by atoms with Gasteiger partial charge >= 0.3 is 0 Å². The molecule has 0 spiro atoms. The fourth-order valence-corrected chi connectivity index (χ4v) is 8.71. The summed E-state index contributed by atoms with van der Waals surface area (Å²) in [5.74, 6) is -0.209. The average molecular weight is 923 g/mol. The number of aliphatic hydroxyl groups excluding tert-OH is 1. The molecule has 0 fully saturated rings. The van der Waals surface area contributed by atoms with E-state index in [2.05, 4.69) is 43.5 Å². The highest BCUT2D eigenvalue weighted by Crippen LogP contribution is 2.38. The number of rotatable bonds is 50. The molecule has 0 aliphatic heterocycles. The minimum atomic E-state index is -4.60. The maximum atomic E-state index is 12.9. The minimum absolute atomic E-state index is 0.00670. The number of nitrogens with one attached hydrogen (secondary N) is 1. The van der Waals surface area contributed by atoms with Gasteiger partial charge in [0.2, 0.25) is 5.91 Å². The smallest absolute Gasteiger partial charge is 0.268 e. The molecule has 0 bridgehead atoms. The second-order valence-corrected chi connectivity index (χ2v) is 21.3. The summed E-state index contributed by atoms with van der Waals surface area (Å²) in [4.78, 5) is 25.4. The molecule has 0 heterocycles. The molecular formula is C55H107N2O6P. The normalized spacial score (nSPS) is 14.3. The molecule has 3 atom stereocenters. The van der Waals surface area contributed by atoms with Crippen molar-refractivity contribution in [2.75, 3.05) is 40.9 Å². The van der Waals surface area contributed by atoms with Gasteiger partial charge in [0, 0.05) is 6.42 Å². The molecule has 0 saturated heterocycles. The Morgan fingerprint density at radius 1 is 0.531 bits per heavy atom. The number of nitrogens with zero attached hydrogens (tertiary/aromatic N) is 1. The molecule has 0 aromatic heterocycles. The predicted molar refractivity (Wildman–Crippen MR) is 275 cm³/mol. The van der Waals surface area contributed by atoms with Crippen LogP contribution in [0.1, 0.15) is 258 Å². The van der Waals surface area contributed by atoms with Crippen molar-refractivity contribution in [1.29, 1.82) is 0 Å². The maximum Gasteiger partial charge on any atom is 0.268 e. The van der Waals surface area contributed by atoms with Crippen LogP contribution >= 0.6 is 7.82 Å². The number of unbranched alkanes of at least 4 members (excludes halogenated alkanes) is 33. The zero-order valence-corrected chi connectivity index (χ0v) is 43.9. The third-order valence-electron chi connectivity index (χ3n) is 12.3. The van der Waals surface area contributed by atoms with E-state index in [0.717, 1.165) is 38.5 Å². The van der Waals surface area contributed by atoms with Gasteiger partial charge in [-0.25, -0.2) is 0 Å². The number of allylic oxidation sites excluding steroid dienone is 5. The highest BCUT2D eigenvalue weighted by atomic mass is 31.2. The van der Waals surface area contributed by atoms with Crippen LogP contribution < -0.4 is 10.2 Å². The number of aliphatic hydroxyl groups is 1. The van der Waals surface area contributed by atoms with Gasteiger partial charge in [-0.05, 0) is 57.8 Å². The second kappa shape index (κ2) is 46.8. The lowest BCUT2D eigenvalue weighted by molar-refractivity contribution is -0.870. The topological polar surface area (TPSA) is 108 Å². The average Bonchev–Trinajstić information content (AvgIpc) is 3.25. The SMILES string of the molecule is CCCCCCCCCCC/C=C\CCCCCCCCCC(=O)NC(COP(=O)([O-])OCC[N+](C)(C)C)C(O)/C=C/CC/C=C/CCCCCCCCCCCCCCCCCC. The number of carbonyl (C=O) groups excluding carboxylic acids is 1. The summed E-state index contributed by atoms with van der Waals surface area (Å²) in [7, 11) is 1.25. The standard InChI is InChI=1S/C55H107N2O6P/c1-6-8-10-12-14-16-18-20-22-24-26-28-29-30-32-34-36-38-40-42-44-46-48-54(58)53(52-63-64(60,61)62-51-50-57(3,4)5)56-55(59)49-47-45-43-41-39-37-35-33-31-27-25-23-21-19-17-15-13-11-9-7-2/h27,31,38,40,46,48,53-54,58H,6-26,28-30,32-37,39,41-45,47,49-52H2,1-5H3,(H-,56,59,60,61)/b31-27-,40-38+,48-46+. The summed E-state index contributed by atoms with van der Waals surface area (Å²) in [6.07, 6.45) is 59.3. The van der Waals surface area contributed by atoms with E-state index in [4.69, 9.17) is 9.05 Å². The van der Waals surface area contributed by atoms with Crippen LogP contribution in [-0.4, -0.2) is 68.5 Å². The lowest BCUT2D eigenvalue weighted by Crippen LogP contribution is -2.45. The first-order chi connectivity index (χ1) is 31.0. The molecular weight excluding hydrogens is 816 g/mol. The van der Waals surface area contributed by atoms with Crippen LogP contribution in [0.5, 0.6) is 0 Å². The fraction of sp³-hybridized carbons (Fsp3) is 0.873. The van der Waals surface area contributed by atoms with Crippen molar-refractivity contribution in [3.8, 4) is 0 Å². The van der Waals surface area contributed by atoms with Crippen molar-refractivity contribution >= 4 is 13.7 Å². The molecule has 0 rings (SSSR count). The molecule has 64 heavy (non-hydrogen) atoms. The first-order valence-electron chi connectivity index (χ1n) is 27.4. The van der Waals surface area contributed by atoms with Gasteiger partial charge in [0.15, 0.2) is 0 Å². The molecule has 9 heteroatoms. The predicted octanol–water partition coefficient (Wildman–Crippen LogP) is 15.6. The summed E-state index contributed by atoms with van der Waals surface area (Å²) in [5, 5.41) is 13.8. The van der Waals surface area contributed by atoms with Gasteiger partial charge in [0.05, 0.1) is 39.9 Å². The van der Waals surface area contributed by atoms with Crippen molar-refractivity contribution < 1.29 is 32.9 Å². The van der Waals surface area contributed by atoms with Gasteiger partial charge in [0.25, 0.3) is 7.82 Å². The molecule has 3 unspecified atom stereocenters. The highest BCUT2D eigenvalue weighted by molar-refractivity contribution is 7.45. The van der Waals surface area contributed by atoms with E-state index in [1.54, 1.807) is 6.08 Å². The van der Waals surface area contributed by atoms with Gasteiger partial charge in [0.1, 0.15) is 13.2 Å². The number of likely N-dealkylation sites (N-methyl/N-ethyl adjacent to an activating group) is 1. The van der Waals surface area contributed by atoms with Gasteiger partial charge in [-0.3, -0.25) is 9.36 Å². The molecule has 0 aromatic carbocycles. The van der Waals surface area contributed by atoms with E-state index in [0.29, 0.717) is 17.4 Å². The Balaban J connectivity index is 4.31. The van der Waals surface area contributed by atoms with Crippen LogP contribution in [-0.2, 0) is 18.4 Å². The number of amides is 1. The molecule has 8 nitrogen and oxygen atoms in total. The van der Waals surface area contributed by atoms with E-state index in [9.17, 15) is 19.4 Å². The Morgan fingerprint density at radius 3 is 1.27 bits per heavy atom. The zero-order chi connectivity index (χ0) is 47.1. The number of phosphoric acid groups is 1. The molecule has 0 radical (unpaired) electrons. The van der Waals surface area contributed by atoms with Crippen molar-refractivity contribution in [2.45, 2.75) is 270 Å². The Hall–Kier alpha value is -1.28. The molecule has 1 amide bonds. The minimum Gasteiger partial charge on any atom is -0.756 e.